The molecule has 0 aliphatic carbocycles. The third-order valence-corrected chi connectivity index (χ3v) is 4.03. The molecule has 0 saturated carbocycles. The van der Waals surface area contributed by atoms with Crippen LogP contribution in [-0.4, -0.2) is 25.0 Å². The zero-order valence-electron chi connectivity index (χ0n) is 13.8. The summed E-state index contributed by atoms with van der Waals surface area (Å²) in [5, 5.41) is 23.0. The highest BCUT2D eigenvalue weighted by Gasteiger charge is 2.40. The maximum atomic E-state index is 13.6. The van der Waals surface area contributed by atoms with Gasteiger partial charge in [0.05, 0.1) is 17.1 Å². The van der Waals surface area contributed by atoms with Crippen LogP contribution in [0.15, 0.2) is 58.1 Å². The molecule has 0 amide bonds. The van der Waals surface area contributed by atoms with Gasteiger partial charge in [0.15, 0.2) is 17.2 Å². The molecular weight excluding hydrogens is 379 g/mol. The van der Waals surface area contributed by atoms with Crippen LogP contribution in [0, 0.1) is 0 Å². The van der Waals surface area contributed by atoms with E-state index in [-0.39, 0.29) is 10.9 Å². The second-order valence-corrected chi connectivity index (χ2v) is 5.80. The van der Waals surface area contributed by atoms with Crippen molar-refractivity contribution in [3.05, 3.63) is 64.9 Å². The van der Waals surface area contributed by atoms with Gasteiger partial charge in [0, 0.05) is 18.0 Å². The molecule has 3 heterocycles. The number of phenols is 2. The van der Waals surface area contributed by atoms with Gasteiger partial charge >= 0.3 is 6.18 Å². The van der Waals surface area contributed by atoms with Crippen molar-refractivity contribution in [2.45, 2.75) is 6.18 Å². The first kappa shape index (κ1) is 17.6. The van der Waals surface area contributed by atoms with Crippen molar-refractivity contribution >= 4 is 11.0 Å². The van der Waals surface area contributed by atoms with Crippen molar-refractivity contribution in [3.8, 4) is 28.4 Å². The normalized spacial score (nSPS) is 11.8. The predicted octanol–water partition coefficient (Wildman–Crippen LogP) is 3.47. The first-order valence-electron chi connectivity index (χ1n) is 7.83. The predicted molar refractivity (Wildman–Crippen MR) is 91.2 cm³/mol. The third kappa shape index (κ3) is 2.75. The molecule has 0 aliphatic heterocycles. The lowest BCUT2D eigenvalue weighted by Gasteiger charge is -2.12. The van der Waals surface area contributed by atoms with Crippen LogP contribution >= 0.6 is 0 Å². The van der Waals surface area contributed by atoms with E-state index in [1.165, 1.54) is 17.1 Å². The van der Waals surface area contributed by atoms with Gasteiger partial charge in [-0.1, -0.05) is 6.07 Å². The topological polar surface area (TPSA) is 101 Å². The fraction of sp³-hybridized carbons (Fsp3) is 0.0556. The van der Waals surface area contributed by atoms with E-state index in [0.717, 1.165) is 18.3 Å². The zero-order chi connectivity index (χ0) is 20.1. The minimum Gasteiger partial charge on any atom is -0.504 e. The minimum atomic E-state index is -5.03. The van der Waals surface area contributed by atoms with Gasteiger partial charge in [-0.25, -0.2) is 9.67 Å². The fourth-order valence-electron chi connectivity index (χ4n) is 2.76. The number of alkyl halides is 3. The maximum absolute atomic E-state index is 13.6. The van der Waals surface area contributed by atoms with Crippen molar-refractivity contribution in [1.29, 1.82) is 0 Å². The lowest BCUT2D eigenvalue weighted by Crippen LogP contribution is -2.16. The van der Waals surface area contributed by atoms with E-state index in [1.807, 2.05) is 0 Å². The Bertz CT molecular complexity index is 1250. The number of benzene rings is 1. The average Bonchev–Trinajstić information content (AvgIpc) is 3.14. The number of pyridine rings is 1. The van der Waals surface area contributed by atoms with E-state index in [2.05, 4.69) is 10.1 Å². The quantitative estimate of drug-likeness (QED) is 0.509. The van der Waals surface area contributed by atoms with Crippen LogP contribution in [0.1, 0.15) is 5.76 Å². The number of hydrogen-bond acceptors (Lipinski definition) is 6. The van der Waals surface area contributed by atoms with E-state index in [4.69, 9.17) is 4.42 Å². The van der Waals surface area contributed by atoms with Crippen LogP contribution < -0.4 is 5.43 Å². The summed E-state index contributed by atoms with van der Waals surface area (Å²) in [6, 6.07) is 6.98. The van der Waals surface area contributed by atoms with Gasteiger partial charge in [0.2, 0.25) is 16.9 Å². The number of halogens is 3. The van der Waals surface area contributed by atoms with Gasteiger partial charge in [-0.05, 0) is 24.3 Å². The molecule has 3 aromatic heterocycles. The molecule has 1 aromatic carbocycles. The van der Waals surface area contributed by atoms with E-state index < -0.39 is 40.0 Å². The number of aromatic hydroxyl groups is 2. The molecule has 0 atom stereocenters. The van der Waals surface area contributed by atoms with Crippen molar-refractivity contribution in [2.75, 3.05) is 0 Å². The van der Waals surface area contributed by atoms with E-state index >= 15 is 0 Å². The second kappa shape index (κ2) is 6.12. The Hall–Kier alpha value is -3.82. The van der Waals surface area contributed by atoms with Gasteiger partial charge in [-0.15, -0.1) is 0 Å². The van der Waals surface area contributed by atoms with Crippen LogP contribution in [-0.2, 0) is 6.18 Å². The van der Waals surface area contributed by atoms with Crippen molar-refractivity contribution < 1.29 is 27.8 Å². The molecule has 0 spiro atoms. The van der Waals surface area contributed by atoms with Crippen LogP contribution in [0.3, 0.4) is 0 Å². The van der Waals surface area contributed by atoms with Gasteiger partial charge in [-0.3, -0.25) is 4.79 Å². The van der Waals surface area contributed by atoms with Crippen LogP contribution in [0.4, 0.5) is 13.2 Å². The van der Waals surface area contributed by atoms with Crippen molar-refractivity contribution in [2.24, 2.45) is 0 Å². The molecule has 0 fully saturated rings. The highest BCUT2D eigenvalue weighted by Crippen LogP contribution is 2.40. The molecular formula is C18H10F3N3O4. The van der Waals surface area contributed by atoms with Gasteiger partial charge in [0.1, 0.15) is 0 Å². The SMILES string of the molecule is O=c1c(-c2cnn(-c3ccccn3)c2)c(C(F)(F)F)oc2c(O)c(O)ccc12. The number of nitrogens with zero attached hydrogens (tertiary/aromatic N) is 3. The number of fused-ring (bicyclic) bond motifs is 1. The van der Waals surface area contributed by atoms with Crippen molar-refractivity contribution in [3.63, 3.8) is 0 Å². The Morgan fingerprint density at radius 3 is 2.57 bits per heavy atom. The Morgan fingerprint density at radius 2 is 1.89 bits per heavy atom. The summed E-state index contributed by atoms with van der Waals surface area (Å²) < 4.78 is 46.8. The summed E-state index contributed by atoms with van der Waals surface area (Å²) in [7, 11) is 0. The molecule has 4 aromatic rings. The molecule has 142 valence electrons. The molecule has 7 nitrogen and oxygen atoms in total. The van der Waals surface area contributed by atoms with E-state index in [1.54, 1.807) is 18.2 Å². The van der Waals surface area contributed by atoms with Crippen molar-refractivity contribution in [1.82, 2.24) is 14.8 Å². The minimum absolute atomic E-state index is 0.138. The first-order valence-corrected chi connectivity index (χ1v) is 7.83. The summed E-state index contributed by atoms with van der Waals surface area (Å²) in [6.45, 7) is 0. The lowest BCUT2D eigenvalue weighted by atomic mass is 10.0. The smallest absolute Gasteiger partial charge is 0.450 e. The molecule has 0 radical (unpaired) electrons. The lowest BCUT2D eigenvalue weighted by molar-refractivity contribution is -0.152. The fourth-order valence-corrected chi connectivity index (χ4v) is 2.76. The van der Waals surface area contributed by atoms with Gasteiger partial charge < -0.3 is 14.6 Å². The number of aromatic nitrogens is 3. The third-order valence-electron chi connectivity index (χ3n) is 4.03. The molecule has 0 aliphatic rings. The van der Waals surface area contributed by atoms with Gasteiger partial charge in [-0.2, -0.15) is 18.3 Å². The summed E-state index contributed by atoms with van der Waals surface area (Å²) in [4.78, 5) is 16.8. The molecule has 28 heavy (non-hydrogen) atoms. The number of rotatable bonds is 2. The standard InChI is InChI=1S/C18H10F3N3O4/c19-18(20,21)17-13(9-7-23-24(8-9)12-3-1-2-6-22-12)14(26)10-4-5-11(25)15(27)16(10)28-17/h1-8,25,27H. The monoisotopic (exact) mass is 389 g/mol. The molecule has 2 N–H and O–H groups in total. The molecule has 0 unspecified atom stereocenters. The Labute approximate surface area is 153 Å². The maximum Gasteiger partial charge on any atom is 0.450 e. The number of hydrogen-bond donors (Lipinski definition) is 2. The van der Waals surface area contributed by atoms with Crippen LogP contribution in [0.2, 0.25) is 0 Å². The van der Waals surface area contributed by atoms with E-state index in [9.17, 15) is 28.2 Å². The van der Waals surface area contributed by atoms with Crippen LogP contribution in [0.5, 0.6) is 11.5 Å². The largest absolute Gasteiger partial charge is 0.504 e. The highest BCUT2D eigenvalue weighted by atomic mass is 19.4. The first-order chi connectivity index (χ1) is 13.3. The zero-order valence-corrected chi connectivity index (χ0v) is 13.8. The average molecular weight is 389 g/mol. The van der Waals surface area contributed by atoms with E-state index in [0.29, 0.717) is 5.82 Å². The molecule has 10 heteroatoms. The summed E-state index contributed by atoms with van der Waals surface area (Å²) in [5.41, 5.74) is -2.67. The number of phenolic OH excluding ortho intramolecular Hbond substituents is 2. The highest BCUT2D eigenvalue weighted by molar-refractivity contribution is 5.88. The Balaban J connectivity index is 2.02. The summed E-state index contributed by atoms with van der Waals surface area (Å²) >= 11 is 0. The molecule has 4 rings (SSSR count). The molecule has 0 bridgehead atoms. The van der Waals surface area contributed by atoms with Crippen LogP contribution in [0.25, 0.3) is 27.9 Å². The Kier molecular flexibility index (Phi) is 3.84. The molecule has 0 saturated heterocycles. The second-order valence-electron chi connectivity index (χ2n) is 5.80. The summed E-state index contributed by atoms with van der Waals surface area (Å²) in [6.07, 6.45) is -1.25. The van der Waals surface area contributed by atoms with Gasteiger partial charge in [0.25, 0.3) is 0 Å². The Morgan fingerprint density at radius 1 is 1.11 bits per heavy atom. The summed E-state index contributed by atoms with van der Waals surface area (Å²) in [5.74, 6) is -2.92.